The van der Waals surface area contributed by atoms with Gasteiger partial charge in [0.1, 0.15) is 0 Å². The molecule has 1 saturated heterocycles. The van der Waals surface area contributed by atoms with Gasteiger partial charge in [-0.05, 0) is 38.8 Å². The molecule has 0 unspecified atom stereocenters. The van der Waals surface area contributed by atoms with E-state index in [1.165, 1.54) is 6.07 Å². The van der Waals surface area contributed by atoms with Crippen molar-refractivity contribution in [2.24, 2.45) is 0 Å². The van der Waals surface area contributed by atoms with Gasteiger partial charge >= 0.3 is 0 Å². The Morgan fingerprint density at radius 2 is 1.96 bits per heavy atom. The standard InChI is InChI=1S/C21H22N4O3/c1-13-4-3-5-16(10-13)21(27)25-8-6-15(7-9-25)20-17(12-19(26)22-23-20)18-11-14(2)24-28-18/h3-5,10-12,15H,6-9H2,1-2H3,(H,22,26). The Hall–Kier alpha value is -3.22. The molecular weight excluding hydrogens is 356 g/mol. The summed E-state index contributed by atoms with van der Waals surface area (Å²) >= 11 is 0. The van der Waals surface area contributed by atoms with Gasteiger partial charge in [-0.2, -0.15) is 5.10 Å². The lowest BCUT2D eigenvalue weighted by Gasteiger charge is -2.32. The maximum atomic E-state index is 12.8. The normalized spacial score (nSPS) is 15.0. The summed E-state index contributed by atoms with van der Waals surface area (Å²) in [4.78, 5) is 26.5. The number of amides is 1. The summed E-state index contributed by atoms with van der Waals surface area (Å²) in [6.45, 7) is 5.11. The summed E-state index contributed by atoms with van der Waals surface area (Å²) in [6, 6.07) is 11.0. The zero-order valence-corrected chi connectivity index (χ0v) is 15.9. The fourth-order valence-corrected chi connectivity index (χ4v) is 3.73. The van der Waals surface area contributed by atoms with Crippen molar-refractivity contribution in [3.63, 3.8) is 0 Å². The number of H-pyrrole nitrogens is 1. The van der Waals surface area contributed by atoms with Crippen LogP contribution in [0.3, 0.4) is 0 Å². The monoisotopic (exact) mass is 378 g/mol. The molecule has 3 aromatic rings. The minimum atomic E-state index is -0.278. The van der Waals surface area contributed by atoms with Crippen molar-refractivity contribution in [1.29, 1.82) is 0 Å². The van der Waals surface area contributed by atoms with E-state index in [0.29, 0.717) is 24.4 Å². The first-order chi connectivity index (χ1) is 13.5. The van der Waals surface area contributed by atoms with E-state index in [1.807, 2.05) is 43.0 Å². The molecule has 1 N–H and O–H groups in total. The van der Waals surface area contributed by atoms with Crippen LogP contribution in [0.5, 0.6) is 0 Å². The van der Waals surface area contributed by atoms with Gasteiger partial charge in [0, 0.05) is 42.3 Å². The van der Waals surface area contributed by atoms with Gasteiger partial charge in [0.15, 0.2) is 5.76 Å². The van der Waals surface area contributed by atoms with E-state index in [9.17, 15) is 9.59 Å². The van der Waals surface area contributed by atoms with Crippen LogP contribution in [-0.4, -0.2) is 39.3 Å². The van der Waals surface area contributed by atoms with E-state index < -0.39 is 0 Å². The SMILES string of the molecule is Cc1cccc(C(=O)N2CCC(c3n[nH]c(=O)cc3-c3cc(C)no3)CC2)c1. The highest BCUT2D eigenvalue weighted by Gasteiger charge is 2.28. The lowest BCUT2D eigenvalue weighted by molar-refractivity contribution is 0.0712. The molecular formula is C21H22N4O3. The van der Waals surface area contributed by atoms with Crippen LogP contribution in [0.2, 0.25) is 0 Å². The van der Waals surface area contributed by atoms with Crippen molar-refractivity contribution in [1.82, 2.24) is 20.3 Å². The van der Waals surface area contributed by atoms with Crippen molar-refractivity contribution >= 4 is 5.91 Å². The largest absolute Gasteiger partial charge is 0.356 e. The Bertz CT molecular complexity index is 1060. The van der Waals surface area contributed by atoms with Gasteiger partial charge in [0.25, 0.3) is 11.5 Å². The maximum absolute atomic E-state index is 12.8. The lowest BCUT2D eigenvalue weighted by atomic mass is 9.89. The molecule has 0 radical (unpaired) electrons. The number of aryl methyl sites for hydroxylation is 2. The zero-order valence-electron chi connectivity index (χ0n) is 15.9. The van der Waals surface area contributed by atoms with Gasteiger partial charge in [-0.3, -0.25) is 9.59 Å². The Balaban J connectivity index is 1.53. The average molecular weight is 378 g/mol. The highest BCUT2D eigenvalue weighted by molar-refractivity contribution is 5.94. The quantitative estimate of drug-likeness (QED) is 0.756. The zero-order chi connectivity index (χ0) is 19.7. The van der Waals surface area contributed by atoms with Gasteiger partial charge in [0.2, 0.25) is 0 Å². The molecule has 4 rings (SSSR count). The molecule has 0 bridgehead atoms. The van der Waals surface area contributed by atoms with Gasteiger partial charge in [-0.1, -0.05) is 22.9 Å². The van der Waals surface area contributed by atoms with E-state index in [-0.39, 0.29) is 17.4 Å². The van der Waals surface area contributed by atoms with Gasteiger partial charge < -0.3 is 9.42 Å². The predicted octanol–water partition coefficient (Wildman–Crippen LogP) is 3.06. The van der Waals surface area contributed by atoms with Crippen molar-refractivity contribution < 1.29 is 9.32 Å². The molecule has 0 atom stereocenters. The van der Waals surface area contributed by atoms with Crippen LogP contribution < -0.4 is 5.56 Å². The lowest BCUT2D eigenvalue weighted by Crippen LogP contribution is -2.38. The smallest absolute Gasteiger partial charge is 0.264 e. The summed E-state index contributed by atoms with van der Waals surface area (Å²) < 4.78 is 5.36. The number of piperidine rings is 1. The van der Waals surface area contributed by atoms with Crippen LogP contribution in [0.1, 0.15) is 46.1 Å². The molecule has 0 aliphatic carbocycles. The molecule has 144 valence electrons. The first-order valence-corrected chi connectivity index (χ1v) is 9.40. The van der Waals surface area contributed by atoms with Crippen molar-refractivity contribution in [2.45, 2.75) is 32.6 Å². The van der Waals surface area contributed by atoms with Gasteiger partial charge in [0.05, 0.1) is 11.4 Å². The van der Waals surface area contributed by atoms with Crippen molar-refractivity contribution in [3.8, 4) is 11.3 Å². The van der Waals surface area contributed by atoms with E-state index in [0.717, 1.165) is 35.4 Å². The highest BCUT2D eigenvalue weighted by atomic mass is 16.5. The third kappa shape index (κ3) is 3.60. The van der Waals surface area contributed by atoms with E-state index in [1.54, 1.807) is 6.07 Å². The fourth-order valence-electron chi connectivity index (χ4n) is 3.73. The second kappa shape index (κ2) is 7.42. The number of aromatic amines is 1. The third-order valence-corrected chi connectivity index (χ3v) is 5.17. The van der Waals surface area contributed by atoms with E-state index in [4.69, 9.17) is 4.52 Å². The number of rotatable bonds is 3. The number of aromatic nitrogens is 3. The topological polar surface area (TPSA) is 92.1 Å². The van der Waals surface area contributed by atoms with Crippen LogP contribution >= 0.6 is 0 Å². The molecule has 1 aliphatic rings. The Labute approximate surface area is 162 Å². The molecule has 0 spiro atoms. The molecule has 7 nitrogen and oxygen atoms in total. The fraction of sp³-hybridized carbons (Fsp3) is 0.333. The molecule has 1 aromatic carbocycles. The highest BCUT2D eigenvalue weighted by Crippen LogP contribution is 2.33. The molecule has 0 saturated carbocycles. The Morgan fingerprint density at radius 1 is 1.18 bits per heavy atom. The minimum Gasteiger partial charge on any atom is -0.356 e. The number of likely N-dealkylation sites (tertiary alicyclic amines) is 1. The average Bonchev–Trinajstić information content (AvgIpc) is 3.14. The van der Waals surface area contributed by atoms with Crippen LogP contribution in [0.4, 0.5) is 0 Å². The summed E-state index contributed by atoms with van der Waals surface area (Å²) in [5, 5.41) is 10.7. The number of carbonyl (C=O) groups is 1. The second-order valence-corrected chi connectivity index (χ2v) is 7.30. The summed E-state index contributed by atoms with van der Waals surface area (Å²) in [6.07, 6.45) is 1.55. The molecule has 7 heteroatoms. The van der Waals surface area contributed by atoms with Crippen LogP contribution in [-0.2, 0) is 0 Å². The predicted molar refractivity (Wildman–Crippen MR) is 104 cm³/mol. The first-order valence-electron chi connectivity index (χ1n) is 9.40. The molecule has 3 heterocycles. The Kier molecular flexibility index (Phi) is 4.81. The summed E-state index contributed by atoms with van der Waals surface area (Å²) in [5.74, 6) is 0.742. The first kappa shape index (κ1) is 18.2. The van der Waals surface area contributed by atoms with Crippen LogP contribution in [0.15, 0.2) is 45.7 Å². The van der Waals surface area contributed by atoms with Crippen molar-refractivity contribution in [3.05, 3.63) is 69.3 Å². The van der Waals surface area contributed by atoms with Gasteiger partial charge in [-0.25, -0.2) is 5.10 Å². The minimum absolute atomic E-state index is 0.0580. The van der Waals surface area contributed by atoms with Crippen LogP contribution in [0.25, 0.3) is 11.3 Å². The summed E-state index contributed by atoms with van der Waals surface area (Å²) in [5.41, 5.74) is 3.73. The number of carbonyl (C=O) groups excluding carboxylic acids is 1. The number of nitrogens with zero attached hydrogens (tertiary/aromatic N) is 3. The van der Waals surface area contributed by atoms with Crippen LogP contribution in [0, 0.1) is 13.8 Å². The number of nitrogens with one attached hydrogen (secondary N) is 1. The Morgan fingerprint density at radius 3 is 2.64 bits per heavy atom. The van der Waals surface area contributed by atoms with E-state index in [2.05, 4.69) is 15.4 Å². The maximum Gasteiger partial charge on any atom is 0.264 e. The molecule has 28 heavy (non-hydrogen) atoms. The second-order valence-electron chi connectivity index (χ2n) is 7.30. The molecule has 1 aliphatic heterocycles. The van der Waals surface area contributed by atoms with E-state index >= 15 is 0 Å². The van der Waals surface area contributed by atoms with Crippen molar-refractivity contribution in [2.75, 3.05) is 13.1 Å². The molecule has 2 aromatic heterocycles. The molecule has 1 amide bonds. The number of benzene rings is 1. The molecule has 1 fully saturated rings. The van der Waals surface area contributed by atoms with Gasteiger partial charge in [-0.15, -0.1) is 0 Å². The summed E-state index contributed by atoms with van der Waals surface area (Å²) in [7, 11) is 0. The number of hydrogen-bond acceptors (Lipinski definition) is 5. The number of hydrogen-bond donors (Lipinski definition) is 1. The third-order valence-electron chi connectivity index (χ3n) is 5.17.